The van der Waals surface area contributed by atoms with Gasteiger partial charge in [-0.2, -0.15) is 4.37 Å². The van der Waals surface area contributed by atoms with Crippen LogP contribution in [0.5, 0.6) is 5.75 Å². The Labute approximate surface area is 217 Å². The number of carbonyl (C=O) groups is 3. The van der Waals surface area contributed by atoms with Crippen molar-refractivity contribution >= 4 is 40.6 Å². The zero-order chi connectivity index (χ0) is 26.5. The van der Waals surface area contributed by atoms with Crippen LogP contribution in [0.1, 0.15) is 57.5 Å². The molecule has 4 rings (SSSR count). The Morgan fingerprint density at radius 2 is 2.00 bits per heavy atom. The molecule has 1 aromatic carbocycles. The molecule has 1 saturated heterocycles. The van der Waals surface area contributed by atoms with Gasteiger partial charge in [0, 0.05) is 18.8 Å². The van der Waals surface area contributed by atoms with E-state index in [0.29, 0.717) is 30.4 Å². The summed E-state index contributed by atoms with van der Waals surface area (Å²) in [6, 6.07) is 8.86. The molecule has 3 aromatic rings. The molecule has 1 aliphatic heterocycles. The second-order valence-corrected chi connectivity index (χ2v) is 9.24. The van der Waals surface area contributed by atoms with E-state index in [1.807, 2.05) is 6.92 Å². The first-order chi connectivity index (χ1) is 17.8. The van der Waals surface area contributed by atoms with Gasteiger partial charge in [0.05, 0.1) is 18.4 Å². The molecule has 3 heterocycles. The first kappa shape index (κ1) is 26.2. The number of nitrogens with zero attached hydrogens (tertiary/aromatic N) is 2. The standard InChI is InChI=1S/C25H29N5O6S/c1-3-34-16-9-7-15(8-10-16)30(25(33)22-19(26)20(23(27)31)29-37-22)21(18-11-6-14(2)36-18)24(32)28-13-17-5-4-12-35-17/h6-11,17,21H,3-5,12-13,26H2,1-2H3,(H2,27,31)(H,28,32)/t17-,21-/m1/s1. The average Bonchev–Trinajstić information content (AvgIpc) is 3.63. The van der Waals surface area contributed by atoms with Gasteiger partial charge in [-0.15, -0.1) is 0 Å². The Hall–Kier alpha value is -3.90. The summed E-state index contributed by atoms with van der Waals surface area (Å²) in [6.07, 6.45) is 1.65. The number of anilines is 2. The Balaban J connectivity index is 1.78. The van der Waals surface area contributed by atoms with E-state index >= 15 is 0 Å². The number of hydrogen-bond donors (Lipinski definition) is 3. The van der Waals surface area contributed by atoms with Crippen LogP contribution < -0.4 is 26.4 Å². The third kappa shape index (κ3) is 5.75. The molecule has 2 atom stereocenters. The summed E-state index contributed by atoms with van der Waals surface area (Å²) < 4.78 is 21.0. The van der Waals surface area contributed by atoms with E-state index in [9.17, 15) is 14.4 Å². The molecule has 5 N–H and O–H groups in total. The normalized spacial score (nSPS) is 15.8. The Kier molecular flexibility index (Phi) is 8.09. The van der Waals surface area contributed by atoms with Gasteiger partial charge in [-0.1, -0.05) is 0 Å². The van der Waals surface area contributed by atoms with E-state index in [2.05, 4.69) is 9.69 Å². The van der Waals surface area contributed by atoms with E-state index in [0.717, 1.165) is 24.4 Å². The highest BCUT2D eigenvalue weighted by Gasteiger charge is 2.38. The molecule has 0 saturated carbocycles. The van der Waals surface area contributed by atoms with Crippen molar-refractivity contribution in [2.75, 3.05) is 30.4 Å². The summed E-state index contributed by atoms with van der Waals surface area (Å²) in [5.41, 5.74) is 11.5. The number of benzene rings is 1. The van der Waals surface area contributed by atoms with Gasteiger partial charge in [0.1, 0.15) is 22.1 Å². The number of nitrogens with one attached hydrogen (secondary N) is 1. The van der Waals surface area contributed by atoms with Crippen molar-refractivity contribution in [2.24, 2.45) is 5.73 Å². The number of carbonyl (C=O) groups excluding carboxylic acids is 3. The predicted octanol–water partition coefficient (Wildman–Crippen LogP) is 2.81. The maximum Gasteiger partial charge on any atom is 0.273 e. The van der Waals surface area contributed by atoms with Gasteiger partial charge in [0.25, 0.3) is 17.7 Å². The zero-order valence-electron chi connectivity index (χ0n) is 20.6. The zero-order valence-corrected chi connectivity index (χ0v) is 21.4. The third-order valence-corrected chi connectivity index (χ3v) is 6.72. The Bertz CT molecular complexity index is 1260. The molecule has 196 valence electrons. The van der Waals surface area contributed by atoms with Crippen molar-refractivity contribution in [2.45, 2.75) is 38.8 Å². The summed E-state index contributed by atoms with van der Waals surface area (Å²) in [6.45, 7) is 5.00. The molecule has 11 nitrogen and oxygen atoms in total. The van der Waals surface area contributed by atoms with Gasteiger partial charge in [0.2, 0.25) is 0 Å². The number of furan rings is 1. The second-order valence-electron chi connectivity index (χ2n) is 8.47. The number of aryl methyl sites for hydroxylation is 1. The Morgan fingerprint density at radius 3 is 2.57 bits per heavy atom. The lowest BCUT2D eigenvalue weighted by molar-refractivity contribution is -0.123. The number of ether oxygens (including phenoxy) is 2. The summed E-state index contributed by atoms with van der Waals surface area (Å²) >= 11 is 0.736. The fourth-order valence-corrected chi connectivity index (χ4v) is 4.82. The van der Waals surface area contributed by atoms with Crippen molar-refractivity contribution in [1.29, 1.82) is 0 Å². The number of rotatable bonds is 10. The average molecular weight is 528 g/mol. The van der Waals surface area contributed by atoms with Crippen molar-refractivity contribution in [3.8, 4) is 5.75 Å². The van der Waals surface area contributed by atoms with Gasteiger partial charge in [-0.3, -0.25) is 19.3 Å². The van der Waals surface area contributed by atoms with Crippen molar-refractivity contribution in [3.05, 3.63) is 58.5 Å². The number of aromatic nitrogens is 1. The lowest BCUT2D eigenvalue weighted by Crippen LogP contribution is -2.45. The number of primary amides is 1. The maximum absolute atomic E-state index is 14.0. The SMILES string of the molecule is CCOc1ccc(N(C(=O)c2snc(C(N)=O)c2N)[C@@H](C(=O)NC[C@H]2CCCO2)c2ccc(C)o2)cc1. The largest absolute Gasteiger partial charge is 0.494 e. The summed E-state index contributed by atoms with van der Waals surface area (Å²) in [4.78, 5) is 40.6. The van der Waals surface area contributed by atoms with Crippen LogP contribution in [0.2, 0.25) is 0 Å². The number of hydrogen-bond acceptors (Lipinski definition) is 9. The van der Waals surface area contributed by atoms with Crippen molar-refractivity contribution < 1.29 is 28.3 Å². The molecular weight excluding hydrogens is 498 g/mol. The van der Waals surface area contributed by atoms with E-state index < -0.39 is 23.8 Å². The maximum atomic E-state index is 14.0. The molecule has 1 aliphatic rings. The van der Waals surface area contributed by atoms with Gasteiger partial charge in [0.15, 0.2) is 11.7 Å². The first-order valence-corrected chi connectivity index (χ1v) is 12.6. The molecule has 0 bridgehead atoms. The lowest BCUT2D eigenvalue weighted by atomic mass is 10.1. The topological polar surface area (TPSA) is 163 Å². The highest BCUT2D eigenvalue weighted by atomic mass is 32.1. The smallest absolute Gasteiger partial charge is 0.273 e. The quantitative estimate of drug-likeness (QED) is 0.362. The molecule has 3 amide bonds. The first-order valence-electron chi connectivity index (χ1n) is 11.9. The van der Waals surface area contributed by atoms with Crippen LogP contribution in [0.4, 0.5) is 11.4 Å². The van der Waals surface area contributed by atoms with Crippen LogP contribution in [0.15, 0.2) is 40.8 Å². The van der Waals surface area contributed by atoms with Crippen LogP contribution >= 0.6 is 11.5 Å². The van der Waals surface area contributed by atoms with Crippen molar-refractivity contribution in [3.63, 3.8) is 0 Å². The molecule has 12 heteroatoms. The highest BCUT2D eigenvalue weighted by Crippen LogP contribution is 2.34. The van der Waals surface area contributed by atoms with Gasteiger partial charge in [-0.05, 0) is 74.6 Å². The monoisotopic (exact) mass is 527 g/mol. The third-order valence-electron chi connectivity index (χ3n) is 5.87. The second kappa shape index (κ2) is 11.4. The van der Waals surface area contributed by atoms with Crippen LogP contribution in [0.25, 0.3) is 0 Å². The van der Waals surface area contributed by atoms with Crippen molar-refractivity contribution in [1.82, 2.24) is 9.69 Å². The molecule has 37 heavy (non-hydrogen) atoms. The number of nitrogens with two attached hydrogens (primary N) is 2. The van der Waals surface area contributed by atoms with Crippen LogP contribution in [-0.2, 0) is 9.53 Å². The van der Waals surface area contributed by atoms with Gasteiger partial charge >= 0.3 is 0 Å². The molecule has 1 fully saturated rings. The van der Waals surface area contributed by atoms with E-state index in [4.69, 9.17) is 25.4 Å². The molecule has 0 spiro atoms. The number of nitrogen functional groups attached to an aromatic ring is 1. The highest BCUT2D eigenvalue weighted by molar-refractivity contribution is 7.09. The minimum atomic E-state index is -1.20. The Morgan fingerprint density at radius 1 is 1.24 bits per heavy atom. The molecule has 2 aromatic heterocycles. The van der Waals surface area contributed by atoms with Gasteiger partial charge < -0.3 is 30.7 Å². The summed E-state index contributed by atoms with van der Waals surface area (Å²) in [5.74, 6) is -0.543. The fourth-order valence-electron chi connectivity index (χ4n) is 4.08. The minimum Gasteiger partial charge on any atom is -0.494 e. The lowest BCUT2D eigenvalue weighted by Gasteiger charge is -2.30. The summed E-state index contributed by atoms with van der Waals surface area (Å²) in [5, 5.41) is 2.90. The molecule has 0 unspecified atom stereocenters. The van der Waals surface area contributed by atoms with Crippen LogP contribution in [-0.4, -0.2) is 48.0 Å². The van der Waals surface area contributed by atoms with Crippen LogP contribution in [0.3, 0.4) is 0 Å². The van der Waals surface area contributed by atoms with Gasteiger partial charge in [-0.25, -0.2) is 0 Å². The molecular formula is C25H29N5O6S. The fraction of sp³-hybridized carbons (Fsp3) is 0.360. The summed E-state index contributed by atoms with van der Waals surface area (Å²) in [7, 11) is 0. The number of amides is 3. The predicted molar refractivity (Wildman–Crippen MR) is 138 cm³/mol. The van der Waals surface area contributed by atoms with E-state index in [1.165, 1.54) is 4.90 Å². The molecule has 0 aliphatic carbocycles. The van der Waals surface area contributed by atoms with Crippen LogP contribution in [0, 0.1) is 6.92 Å². The molecule has 0 radical (unpaired) electrons. The van der Waals surface area contributed by atoms with E-state index in [-0.39, 0.29) is 34.7 Å². The van der Waals surface area contributed by atoms with E-state index in [1.54, 1.807) is 43.3 Å². The minimum absolute atomic E-state index is 0.0251.